The second kappa shape index (κ2) is 7.24. The highest BCUT2D eigenvalue weighted by molar-refractivity contribution is 5.92. The molecular weight excluding hydrogens is 325 g/mol. The molecule has 0 saturated heterocycles. The van der Waals surface area contributed by atoms with Gasteiger partial charge in [0.15, 0.2) is 6.61 Å². The number of aryl methyl sites for hydroxylation is 1. The second-order valence-corrected chi connectivity index (χ2v) is 5.08. The highest BCUT2D eigenvalue weighted by Crippen LogP contribution is 2.22. The molecule has 9 heteroatoms. The van der Waals surface area contributed by atoms with Crippen molar-refractivity contribution < 1.29 is 22.7 Å². The molecule has 6 nitrogen and oxygen atoms in total. The molecule has 0 aromatic carbocycles. The zero-order valence-corrected chi connectivity index (χ0v) is 13.0. The molecule has 2 rings (SSSR count). The van der Waals surface area contributed by atoms with Gasteiger partial charge in [-0.2, -0.15) is 13.2 Å². The summed E-state index contributed by atoms with van der Waals surface area (Å²) in [5.74, 6) is -0.481. The molecular formula is C15H15F3N4O2. The molecule has 2 heterocycles. The van der Waals surface area contributed by atoms with Crippen LogP contribution in [0.5, 0.6) is 5.88 Å². The van der Waals surface area contributed by atoms with E-state index in [2.05, 4.69) is 25.0 Å². The maximum atomic E-state index is 12.2. The van der Waals surface area contributed by atoms with Crippen LogP contribution >= 0.6 is 0 Å². The molecule has 0 saturated carbocycles. The summed E-state index contributed by atoms with van der Waals surface area (Å²) in [5, 5.41) is 2.73. The van der Waals surface area contributed by atoms with E-state index < -0.39 is 18.8 Å². The predicted octanol–water partition coefficient (Wildman–Crippen LogP) is 2.61. The molecule has 0 aliphatic heterocycles. The summed E-state index contributed by atoms with van der Waals surface area (Å²) in [6, 6.07) is 2.68. The van der Waals surface area contributed by atoms with E-state index in [9.17, 15) is 18.0 Å². The number of ether oxygens (including phenoxy) is 1. The van der Waals surface area contributed by atoms with Gasteiger partial charge in [0.25, 0.3) is 5.91 Å². The summed E-state index contributed by atoms with van der Waals surface area (Å²) in [4.78, 5) is 23.5. The first-order chi connectivity index (χ1) is 11.3. The minimum absolute atomic E-state index is 0.0922. The van der Waals surface area contributed by atoms with Crippen LogP contribution in [-0.4, -0.2) is 33.6 Å². The summed E-state index contributed by atoms with van der Waals surface area (Å²) < 4.78 is 41.2. The van der Waals surface area contributed by atoms with Gasteiger partial charge in [-0.1, -0.05) is 0 Å². The summed E-state index contributed by atoms with van der Waals surface area (Å²) >= 11 is 0. The van der Waals surface area contributed by atoms with E-state index in [0.29, 0.717) is 11.1 Å². The van der Waals surface area contributed by atoms with Crippen LogP contribution in [0.2, 0.25) is 0 Å². The van der Waals surface area contributed by atoms with Crippen molar-refractivity contribution in [3.8, 4) is 5.88 Å². The van der Waals surface area contributed by atoms with Gasteiger partial charge in [-0.25, -0.2) is 15.0 Å². The van der Waals surface area contributed by atoms with Gasteiger partial charge in [0.05, 0.1) is 6.04 Å². The maximum Gasteiger partial charge on any atom is 0.422 e. The van der Waals surface area contributed by atoms with E-state index in [0.717, 1.165) is 0 Å². The second-order valence-electron chi connectivity index (χ2n) is 5.08. The zero-order chi connectivity index (χ0) is 17.7. The Morgan fingerprint density at radius 1 is 1.38 bits per heavy atom. The molecule has 24 heavy (non-hydrogen) atoms. The Morgan fingerprint density at radius 2 is 2.12 bits per heavy atom. The third kappa shape index (κ3) is 4.90. The lowest BCUT2D eigenvalue weighted by Crippen LogP contribution is -2.27. The van der Waals surface area contributed by atoms with Crippen molar-refractivity contribution in [1.29, 1.82) is 0 Å². The van der Waals surface area contributed by atoms with E-state index >= 15 is 0 Å². The number of nitrogens with zero attached hydrogens (tertiary/aromatic N) is 3. The van der Waals surface area contributed by atoms with Gasteiger partial charge in [0.2, 0.25) is 5.88 Å². The average molecular weight is 340 g/mol. The van der Waals surface area contributed by atoms with E-state index in [1.54, 1.807) is 19.9 Å². The summed E-state index contributed by atoms with van der Waals surface area (Å²) in [6.45, 7) is 1.91. The number of amides is 1. The summed E-state index contributed by atoms with van der Waals surface area (Å²) in [6.07, 6.45) is -0.349. The van der Waals surface area contributed by atoms with Crippen molar-refractivity contribution >= 4 is 5.91 Å². The van der Waals surface area contributed by atoms with Crippen molar-refractivity contribution in [1.82, 2.24) is 20.3 Å². The standard InChI is InChI=1S/C15H15F3N4O2/c1-9-5-11(6-20-14(9)24-7-15(16,17)18)10(2)22-13(23)12-3-4-19-8-21-12/h3-6,8,10H,7H2,1-2H3,(H,22,23). The lowest BCUT2D eigenvalue weighted by atomic mass is 10.1. The number of halogens is 3. The van der Waals surface area contributed by atoms with Crippen molar-refractivity contribution in [2.24, 2.45) is 0 Å². The Labute approximate surface area is 136 Å². The SMILES string of the molecule is Cc1cc(C(C)NC(=O)c2ccncn2)cnc1OCC(F)(F)F. The van der Waals surface area contributed by atoms with E-state index in [1.807, 2.05) is 0 Å². The highest BCUT2D eigenvalue weighted by Gasteiger charge is 2.29. The third-order valence-electron chi connectivity index (χ3n) is 3.09. The summed E-state index contributed by atoms with van der Waals surface area (Å²) in [7, 11) is 0. The maximum absolute atomic E-state index is 12.2. The smallest absolute Gasteiger partial charge is 0.422 e. The Morgan fingerprint density at radius 3 is 2.71 bits per heavy atom. The summed E-state index contributed by atoms with van der Waals surface area (Å²) in [5.41, 5.74) is 1.29. The van der Waals surface area contributed by atoms with Crippen LogP contribution in [0.1, 0.15) is 34.6 Å². The largest absolute Gasteiger partial charge is 0.468 e. The predicted molar refractivity (Wildman–Crippen MR) is 78.4 cm³/mol. The number of nitrogens with one attached hydrogen (secondary N) is 1. The fraction of sp³-hybridized carbons (Fsp3) is 0.333. The van der Waals surface area contributed by atoms with Gasteiger partial charge in [-0.3, -0.25) is 4.79 Å². The zero-order valence-electron chi connectivity index (χ0n) is 13.0. The monoisotopic (exact) mass is 340 g/mol. The van der Waals surface area contributed by atoms with Crippen molar-refractivity contribution in [3.63, 3.8) is 0 Å². The quantitative estimate of drug-likeness (QED) is 0.905. The third-order valence-corrected chi connectivity index (χ3v) is 3.09. The van der Waals surface area contributed by atoms with Crippen molar-refractivity contribution in [3.05, 3.63) is 47.7 Å². The molecule has 128 valence electrons. The molecule has 0 bridgehead atoms. The van der Waals surface area contributed by atoms with Crippen LogP contribution in [0.4, 0.5) is 13.2 Å². The number of alkyl halides is 3. The van der Waals surface area contributed by atoms with Gasteiger partial charge >= 0.3 is 6.18 Å². The molecule has 0 radical (unpaired) electrons. The molecule has 1 unspecified atom stereocenters. The number of hydrogen-bond donors (Lipinski definition) is 1. The van der Waals surface area contributed by atoms with Gasteiger partial charge in [0.1, 0.15) is 12.0 Å². The molecule has 2 aromatic heterocycles. The Balaban J connectivity index is 2.04. The normalized spacial score (nSPS) is 12.5. The van der Waals surface area contributed by atoms with Gasteiger partial charge in [-0.05, 0) is 31.5 Å². The van der Waals surface area contributed by atoms with Crippen LogP contribution in [0.25, 0.3) is 0 Å². The first-order valence-corrected chi connectivity index (χ1v) is 6.99. The lowest BCUT2D eigenvalue weighted by molar-refractivity contribution is -0.154. The molecule has 0 aliphatic rings. The minimum atomic E-state index is -4.43. The average Bonchev–Trinajstić information content (AvgIpc) is 2.53. The number of pyridine rings is 1. The Kier molecular flexibility index (Phi) is 5.32. The molecule has 1 N–H and O–H groups in total. The van der Waals surface area contributed by atoms with Crippen LogP contribution < -0.4 is 10.1 Å². The number of carbonyl (C=O) groups excluding carboxylic acids is 1. The fourth-order valence-electron chi connectivity index (χ4n) is 1.90. The number of hydrogen-bond acceptors (Lipinski definition) is 5. The van der Waals surface area contributed by atoms with Crippen molar-refractivity contribution in [2.75, 3.05) is 6.61 Å². The van der Waals surface area contributed by atoms with Crippen LogP contribution in [0.3, 0.4) is 0 Å². The van der Waals surface area contributed by atoms with E-state index in [-0.39, 0.29) is 17.5 Å². The molecule has 1 atom stereocenters. The Hall–Kier alpha value is -2.71. The molecule has 0 fully saturated rings. The van der Waals surface area contributed by atoms with Crippen LogP contribution in [0.15, 0.2) is 30.9 Å². The Bertz CT molecular complexity index is 708. The highest BCUT2D eigenvalue weighted by atomic mass is 19.4. The van der Waals surface area contributed by atoms with E-state index in [1.165, 1.54) is 24.8 Å². The first kappa shape index (κ1) is 17.6. The molecule has 2 aromatic rings. The van der Waals surface area contributed by atoms with Crippen LogP contribution in [-0.2, 0) is 0 Å². The first-order valence-electron chi connectivity index (χ1n) is 6.99. The topological polar surface area (TPSA) is 77.0 Å². The van der Waals surface area contributed by atoms with Crippen molar-refractivity contribution in [2.45, 2.75) is 26.1 Å². The fourth-order valence-corrected chi connectivity index (χ4v) is 1.90. The van der Waals surface area contributed by atoms with Gasteiger partial charge in [0, 0.05) is 18.0 Å². The molecule has 0 spiro atoms. The molecule has 1 amide bonds. The number of aromatic nitrogens is 3. The number of rotatable bonds is 5. The van der Waals surface area contributed by atoms with E-state index in [4.69, 9.17) is 0 Å². The lowest BCUT2D eigenvalue weighted by Gasteiger charge is -2.16. The van der Waals surface area contributed by atoms with Crippen LogP contribution in [0, 0.1) is 6.92 Å². The van der Waals surface area contributed by atoms with Gasteiger partial charge in [-0.15, -0.1) is 0 Å². The number of carbonyl (C=O) groups is 1. The van der Waals surface area contributed by atoms with Gasteiger partial charge < -0.3 is 10.1 Å². The molecule has 0 aliphatic carbocycles. The minimum Gasteiger partial charge on any atom is -0.468 e.